The zero-order valence-corrected chi connectivity index (χ0v) is 12.7. The van der Waals surface area contributed by atoms with Crippen LogP contribution in [0.1, 0.15) is 44.1 Å². The van der Waals surface area contributed by atoms with Gasteiger partial charge < -0.3 is 9.47 Å². The molecule has 1 saturated carbocycles. The van der Waals surface area contributed by atoms with Gasteiger partial charge in [-0.25, -0.2) is 9.28 Å². The summed E-state index contributed by atoms with van der Waals surface area (Å²) < 4.78 is 25.1. The van der Waals surface area contributed by atoms with Crippen molar-refractivity contribution in [2.45, 2.75) is 56.2 Å². The van der Waals surface area contributed by atoms with E-state index in [-0.39, 0.29) is 5.82 Å². The number of methoxy groups -OCH3 is 1. The van der Waals surface area contributed by atoms with Crippen LogP contribution in [0.5, 0.6) is 0 Å². The Kier molecular flexibility index (Phi) is 3.49. The Hall–Kier alpha value is -1.01. The fourth-order valence-corrected chi connectivity index (χ4v) is 4.20. The lowest BCUT2D eigenvalue weighted by Gasteiger charge is -2.49. The molecule has 120 valence electrons. The second-order valence-electron chi connectivity index (χ2n) is 6.55. The minimum atomic E-state index is -1.00. The summed E-state index contributed by atoms with van der Waals surface area (Å²) in [4.78, 5) is 11.7. The Balaban J connectivity index is 1.73. The Morgan fingerprint density at radius 2 is 1.91 bits per heavy atom. The van der Waals surface area contributed by atoms with Crippen LogP contribution in [0.4, 0.5) is 4.39 Å². The van der Waals surface area contributed by atoms with Crippen LogP contribution in [0.2, 0.25) is 0 Å². The van der Waals surface area contributed by atoms with Crippen molar-refractivity contribution in [2.24, 2.45) is 5.92 Å². The van der Waals surface area contributed by atoms with Gasteiger partial charge in [-0.3, -0.25) is 0 Å². The zero-order valence-electron chi connectivity index (χ0n) is 12.7. The normalized spacial score (nSPS) is 41.0. The van der Waals surface area contributed by atoms with Crippen molar-refractivity contribution in [3.63, 3.8) is 0 Å². The van der Waals surface area contributed by atoms with E-state index in [4.69, 9.17) is 19.2 Å². The Morgan fingerprint density at radius 3 is 2.68 bits per heavy atom. The van der Waals surface area contributed by atoms with Crippen LogP contribution >= 0.6 is 0 Å². The molecule has 1 aromatic carbocycles. The summed E-state index contributed by atoms with van der Waals surface area (Å²) in [6.07, 6.45) is 5.46. The molecule has 5 rings (SSSR count). The molecule has 0 radical (unpaired) electrons. The monoisotopic (exact) mass is 308 g/mol. The van der Waals surface area contributed by atoms with Crippen molar-refractivity contribution in [3.05, 3.63) is 35.6 Å². The van der Waals surface area contributed by atoms with Crippen molar-refractivity contribution >= 4 is 0 Å². The van der Waals surface area contributed by atoms with Gasteiger partial charge in [0, 0.05) is 19.1 Å². The first-order chi connectivity index (χ1) is 10.7. The molecule has 1 aromatic rings. The predicted molar refractivity (Wildman–Crippen MR) is 76.1 cm³/mol. The molecule has 1 spiro atoms. The smallest absolute Gasteiger partial charge is 0.230 e. The summed E-state index contributed by atoms with van der Waals surface area (Å²) in [5.74, 6) is -0.910. The van der Waals surface area contributed by atoms with Crippen molar-refractivity contribution in [2.75, 3.05) is 7.11 Å². The fraction of sp³-hybridized carbons (Fsp3) is 0.647. The Bertz CT molecular complexity index is 544. The third kappa shape index (κ3) is 2.03. The van der Waals surface area contributed by atoms with Crippen molar-refractivity contribution in [1.82, 2.24) is 0 Å². The second-order valence-corrected chi connectivity index (χ2v) is 6.55. The molecule has 4 fully saturated rings. The molecule has 3 aliphatic heterocycles. The molecular weight excluding hydrogens is 287 g/mol. The van der Waals surface area contributed by atoms with Crippen molar-refractivity contribution in [3.8, 4) is 0 Å². The second kappa shape index (κ2) is 5.27. The van der Waals surface area contributed by atoms with E-state index >= 15 is 0 Å². The standard InChI is InChI=1S/C17H21FO4/c1-19-15-16-10-3-2-4-12(16)9-11-17(20-15,22-21-16)13-5-7-14(18)8-6-13/h5-8,12,15H,2-4,9-11H2,1H3/t12-,15+,16+,17-/m1/s1. The number of hydrogen-bond donors (Lipinski definition) is 0. The molecule has 4 nitrogen and oxygen atoms in total. The topological polar surface area (TPSA) is 36.9 Å². The SMILES string of the molecule is CO[C@H]1O[C@]2(c3ccc(F)cc3)CC[C@H]3CCCC[C@]31OO2. The molecule has 3 saturated heterocycles. The quantitative estimate of drug-likeness (QED) is 0.782. The van der Waals surface area contributed by atoms with E-state index in [0.29, 0.717) is 12.3 Å². The zero-order chi connectivity index (χ0) is 15.2. The highest BCUT2D eigenvalue weighted by Crippen LogP contribution is 2.54. The van der Waals surface area contributed by atoms with Gasteiger partial charge in [0.25, 0.3) is 0 Å². The average Bonchev–Trinajstić information content (AvgIpc) is 2.81. The number of rotatable bonds is 2. The molecule has 0 unspecified atom stereocenters. The van der Waals surface area contributed by atoms with Crippen LogP contribution in [0.15, 0.2) is 24.3 Å². The van der Waals surface area contributed by atoms with E-state index in [1.54, 1.807) is 19.2 Å². The van der Waals surface area contributed by atoms with Crippen LogP contribution < -0.4 is 0 Å². The molecular formula is C17H21FO4. The third-order valence-electron chi connectivity index (χ3n) is 5.41. The number of benzene rings is 1. The van der Waals surface area contributed by atoms with Gasteiger partial charge in [-0.1, -0.05) is 25.0 Å². The van der Waals surface area contributed by atoms with E-state index in [0.717, 1.165) is 31.2 Å². The molecule has 0 amide bonds. The number of ether oxygens (including phenoxy) is 2. The summed E-state index contributed by atoms with van der Waals surface area (Å²) in [5, 5.41) is 0. The molecule has 5 heteroatoms. The highest BCUT2D eigenvalue weighted by atomic mass is 19.1. The van der Waals surface area contributed by atoms with Crippen LogP contribution in [0.25, 0.3) is 0 Å². The summed E-state index contributed by atoms with van der Waals surface area (Å²) in [5.41, 5.74) is 0.261. The van der Waals surface area contributed by atoms with Crippen molar-refractivity contribution < 1.29 is 23.6 Å². The Morgan fingerprint density at radius 1 is 1.09 bits per heavy atom. The molecule has 1 aliphatic carbocycles. The summed E-state index contributed by atoms with van der Waals surface area (Å²) in [6.45, 7) is 0. The lowest BCUT2D eigenvalue weighted by molar-refractivity contribution is -0.558. The molecule has 4 aliphatic rings. The maximum Gasteiger partial charge on any atom is 0.230 e. The molecule has 0 N–H and O–H groups in total. The summed E-state index contributed by atoms with van der Waals surface area (Å²) in [7, 11) is 1.65. The van der Waals surface area contributed by atoms with Crippen LogP contribution in [-0.2, 0) is 25.0 Å². The number of hydrogen-bond acceptors (Lipinski definition) is 4. The van der Waals surface area contributed by atoms with Gasteiger partial charge in [-0.2, -0.15) is 4.89 Å². The van der Waals surface area contributed by atoms with E-state index in [2.05, 4.69) is 0 Å². The highest BCUT2D eigenvalue weighted by molar-refractivity contribution is 5.22. The van der Waals surface area contributed by atoms with Gasteiger partial charge >= 0.3 is 0 Å². The van der Waals surface area contributed by atoms with Gasteiger partial charge in [-0.05, 0) is 37.3 Å². The highest BCUT2D eigenvalue weighted by Gasteiger charge is 2.61. The van der Waals surface area contributed by atoms with E-state index in [9.17, 15) is 4.39 Å². The largest absolute Gasteiger partial charge is 0.353 e. The van der Waals surface area contributed by atoms with Gasteiger partial charge in [0.1, 0.15) is 5.82 Å². The lowest BCUT2D eigenvalue weighted by atomic mass is 9.73. The fourth-order valence-electron chi connectivity index (χ4n) is 4.20. The van der Waals surface area contributed by atoms with Crippen LogP contribution in [-0.4, -0.2) is 19.0 Å². The van der Waals surface area contributed by atoms with Gasteiger partial charge in [0.2, 0.25) is 5.79 Å². The van der Waals surface area contributed by atoms with Gasteiger partial charge in [-0.15, -0.1) is 0 Å². The molecule has 0 aromatic heterocycles. The van der Waals surface area contributed by atoms with Crippen LogP contribution in [0.3, 0.4) is 0 Å². The van der Waals surface area contributed by atoms with E-state index in [1.165, 1.54) is 18.6 Å². The first-order valence-corrected chi connectivity index (χ1v) is 8.02. The van der Waals surface area contributed by atoms with Crippen molar-refractivity contribution in [1.29, 1.82) is 0 Å². The van der Waals surface area contributed by atoms with E-state index in [1.807, 2.05) is 0 Å². The number of halogens is 1. The molecule has 2 bridgehead atoms. The minimum Gasteiger partial charge on any atom is -0.353 e. The maximum atomic E-state index is 13.2. The average molecular weight is 308 g/mol. The minimum absolute atomic E-state index is 0.279. The summed E-state index contributed by atoms with van der Waals surface area (Å²) >= 11 is 0. The first-order valence-electron chi connectivity index (χ1n) is 8.02. The predicted octanol–water partition coefficient (Wildman–Crippen LogP) is 3.65. The lowest BCUT2D eigenvalue weighted by Crippen LogP contribution is -2.59. The van der Waals surface area contributed by atoms with Crippen LogP contribution in [0, 0.1) is 11.7 Å². The summed E-state index contributed by atoms with van der Waals surface area (Å²) in [6, 6.07) is 6.22. The molecule has 22 heavy (non-hydrogen) atoms. The van der Waals surface area contributed by atoms with E-state index < -0.39 is 17.7 Å². The molecule has 4 atom stereocenters. The van der Waals surface area contributed by atoms with Gasteiger partial charge in [0.05, 0.1) is 0 Å². The van der Waals surface area contributed by atoms with Gasteiger partial charge in [0.15, 0.2) is 11.9 Å². The first kappa shape index (κ1) is 14.6. The Labute approximate surface area is 129 Å². The molecule has 3 heterocycles. The maximum absolute atomic E-state index is 13.2. The number of fused-ring (bicyclic) bond motifs is 3. The third-order valence-corrected chi connectivity index (χ3v) is 5.41.